The van der Waals surface area contributed by atoms with Crippen LogP contribution in [0.4, 0.5) is 5.69 Å². The van der Waals surface area contributed by atoms with Crippen molar-refractivity contribution >= 4 is 45.3 Å². The zero-order valence-corrected chi connectivity index (χ0v) is 17.4. The molecule has 31 heavy (non-hydrogen) atoms. The molecule has 1 aromatic heterocycles. The zero-order valence-electron chi connectivity index (χ0n) is 16.6. The summed E-state index contributed by atoms with van der Waals surface area (Å²) in [7, 11) is 0. The summed E-state index contributed by atoms with van der Waals surface area (Å²) in [5.41, 5.74) is 4.69. The first-order valence-corrected chi connectivity index (χ1v) is 10.4. The van der Waals surface area contributed by atoms with E-state index >= 15 is 0 Å². The highest BCUT2D eigenvalue weighted by Gasteiger charge is 2.12. The molecule has 2 amide bonds. The van der Waals surface area contributed by atoms with Crippen molar-refractivity contribution in [3.8, 4) is 5.75 Å². The number of hydrogen-bond acceptors (Lipinski definition) is 5. The normalized spacial score (nSPS) is 11.3. The lowest BCUT2D eigenvalue weighted by Crippen LogP contribution is -2.19. The average Bonchev–Trinajstić information content (AvgIpc) is 3.32. The molecule has 0 aliphatic carbocycles. The molecule has 0 aliphatic heterocycles. The average molecular weight is 430 g/mol. The molecule has 0 unspecified atom stereocenters. The van der Waals surface area contributed by atoms with E-state index in [2.05, 4.69) is 15.8 Å². The number of phenols is 1. The monoisotopic (exact) mass is 429 g/mol. The second kappa shape index (κ2) is 8.81. The Morgan fingerprint density at radius 1 is 0.903 bits per heavy atom. The maximum Gasteiger partial charge on any atom is 0.275 e. The van der Waals surface area contributed by atoms with Gasteiger partial charge in [-0.05, 0) is 59.0 Å². The molecule has 3 aromatic carbocycles. The van der Waals surface area contributed by atoms with E-state index in [9.17, 15) is 14.7 Å². The number of nitrogens with zero attached hydrogens (tertiary/aromatic N) is 1. The smallest absolute Gasteiger partial charge is 0.275 e. The number of hydrazone groups is 1. The number of carbonyl (C=O) groups is 2. The van der Waals surface area contributed by atoms with Crippen molar-refractivity contribution in [3.63, 3.8) is 0 Å². The van der Waals surface area contributed by atoms with E-state index in [1.54, 1.807) is 37.3 Å². The SMILES string of the molecule is CC(=NNC(=O)c1cc2ccccc2cc1O)c1ccc(NC(=O)c2cccs2)cc1. The van der Waals surface area contributed by atoms with E-state index in [1.807, 2.05) is 47.8 Å². The van der Waals surface area contributed by atoms with E-state index in [0.29, 0.717) is 16.3 Å². The van der Waals surface area contributed by atoms with Gasteiger partial charge >= 0.3 is 0 Å². The molecular weight excluding hydrogens is 410 g/mol. The van der Waals surface area contributed by atoms with Crippen molar-refractivity contribution in [1.82, 2.24) is 5.43 Å². The largest absolute Gasteiger partial charge is 0.507 e. The number of phenolic OH excluding ortho intramolecular Hbond substituents is 1. The minimum Gasteiger partial charge on any atom is -0.507 e. The lowest BCUT2D eigenvalue weighted by Gasteiger charge is -2.08. The molecule has 0 spiro atoms. The molecule has 1 heterocycles. The number of benzene rings is 3. The topological polar surface area (TPSA) is 90.8 Å². The van der Waals surface area contributed by atoms with Crippen LogP contribution in [0, 0.1) is 0 Å². The Labute approximate surface area is 182 Å². The molecule has 0 atom stereocenters. The van der Waals surface area contributed by atoms with Gasteiger partial charge in [-0.1, -0.05) is 42.5 Å². The van der Waals surface area contributed by atoms with Crippen LogP contribution in [-0.4, -0.2) is 22.6 Å². The van der Waals surface area contributed by atoms with Crippen LogP contribution < -0.4 is 10.7 Å². The van der Waals surface area contributed by atoms with Crippen molar-refractivity contribution in [1.29, 1.82) is 0 Å². The van der Waals surface area contributed by atoms with Crippen molar-refractivity contribution in [2.24, 2.45) is 5.10 Å². The number of aromatic hydroxyl groups is 1. The third kappa shape index (κ3) is 4.62. The molecule has 0 saturated heterocycles. The van der Waals surface area contributed by atoms with E-state index in [1.165, 1.54) is 11.3 Å². The van der Waals surface area contributed by atoms with Crippen LogP contribution in [0.1, 0.15) is 32.5 Å². The molecule has 6 nitrogen and oxygen atoms in total. The van der Waals surface area contributed by atoms with E-state index in [4.69, 9.17) is 0 Å². The number of amides is 2. The van der Waals surface area contributed by atoms with Crippen molar-refractivity contribution < 1.29 is 14.7 Å². The van der Waals surface area contributed by atoms with Crippen LogP contribution in [0.3, 0.4) is 0 Å². The van der Waals surface area contributed by atoms with Crippen LogP contribution in [0.2, 0.25) is 0 Å². The molecule has 0 bridgehead atoms. The summed E-state index contributed by atoms with van der Waals surface area (Å²) in [5.74, 6) is -0.757. The van der Waals surface area contributed by atoms with Crippen molar-refractivity contribution in [2.45, 2.75) is 6.92 Å². The molecule has 7 heteroatoms. The molecular formula is C24H19N3O3S. The van der Waals surface area contributed by atoms with E-state index in [0.717, 1.165) is 16.3 Å². The number of nitrogens with one attached hydrogen (secondary N) is 2. The zero-order chi connectivity index (χ0) is 21.8. The standard InChI is InChI=1S/C24H19N3O3S/c1-15(16-8-10-19(11-9-16)25-24(30)22-7-4-12-31-22)26-27-23(29)20-13-17-5-2-3-6-18(17)14-21(20)28/h2-14,28H,1H3,(H,25,30)(H,27,29). The van der Waals surface area contributed by atoms with Gasteiger partial charge in [0.05, 0.1) is 16.2 Å². The Morgan fingerprint density at radius 2 is 1.61 bits per heavy atom. The van der Waals surface area contributed by atoms with E-state index in [-0.39, 0.29) is 17.2 Å². The molecule has 4 aromatic rings. The van der Waals surface area contributed by atoms with Gasteiger partial charge < -0.3 is 10.4 Å². The predicted molar refractivity (Wildman–Crippen MR) is 124 cm³/mol. The fourth-order valence-corrected chi connectivity index (χ4v) is 3.68. The highest BCUT2D eigenvalue weighted by atomic mass is 32.1. The fraction of sp³-hybridized carbons (Fsp3) is 0.0417. The highest BCUT2D eigenvalue weighted by molar-refractivity contribution is 7.12. The Hall–Kier alpha value is -3.97. The van der Waals surface area contributed by atoms with Gasteiger partial charge in [-0.15, -0.1) is 11.3 Å². The summed E-state index contributed by atoms with van der Waals surface area (Å²) >= 11 is 1.38. The minimum atomic E-state index is -0.498. The number of thiophene rings is 1. The van der Waals surface area contributed by atoms with Gasteiger partial charge in [-0.2, -0.15) is 5.10 Å². The van der Waals surface area contributed by atoms with Gasteiger partial charge in [-0.25, -0.2) is 5.43 Å². The Balaban J connectivity index is 1.44. The van der Waals surface area contributed by atoms with Gasteiger partial charge in [0.15, 0.2) is 0 Å². The molecule has 0 fully saturated rings. The molecule has 4 rings (SSSR count). The van der Waals surface area contributed by atoms with Gasteiger partial charge in [0.1, 0.15) is 5.75 Å². The van der Waals surface area contributed by atoms with Crippen LogP contribution in [0.15, 0.2) is 83.3 Å². The van der Waals surface area contributed by atoms with Crippen LogP contribution >= 0.6 is 11.3 Å². The van der Waals surface area contributed by atoms with Crippen LogP contribution in [0.5, 0.6) is 5.75 Å². The number of fused-ring (bicyclic) bond motifs is 1. The summed E-state index contributed by atoms with van der Waals surface area (Å²) < 4.78 is 0. The lowest BCUT2D eigenvalue weighted by atomic mass is 10.1. The first-order chi connectivity index (χ1) is 15.0. The quantitative estimate of drug-likeness (QED) is 0.308. The number of anilines is 1. The molecule has 0 saturated carbocycles. The van der Waals surface area contributed by atoms with Crippen molar-refractivity contribution in [3.05, 3.63) is 94.2 Å². The fourth-order valence-electron chi connectivity index (χ4n) is 3.06. The predicted octanol–water partition coefficient (Wildman–Crippen LogP) is 5.01. The molecule has 0 aliphatic rings. The molecule has 0 radical (unpaired) electrons. The Kier molecular flexibility index (Phi) is 5.77. The number of carbonyl (C=O) groups excluding carboxylic acids is 2. The van der Waals surface area contributed by atoms with Gasteiger partial charge in [-0.3, -0.25) is 9.59 Å². The third-order valence-electron chi connectivity index (χ3n) is 4.74. The van der Waals surface area contributed by atoms with Crippen LogP contribution in [0.25, 0.3) is 10.8 Å². The first-order valence-electron chi connectivity index (χ1n) is 9.53. The summed E-state index contributed by atoms with van der Waals surface area (Å²) in [6.07, 6.45) is 0. The second-order valence-electron chi connectivity index (χ2n) is 6.86. The summed E-state index contributed by atoms with van der Waals surface area (Å²) in [6.45, 7) is 1.76. The van der Waals surface area contributed by atoms with Crippen LogP contribution in [-0.2, 0) is 0 Å². The molecule has 3 N–H and O–H groups in total. The summed E-state index contributed by atoms with van der Waals surface area (Å²) in [4.78, 5) is 25.3. The first kappa shape index (κ1) is 20.3. The number of hydrogen-bond donors (Lipinski definition) is 3. The van der Waals surface area contributed by atoms with Gasteiger partial charge in [0.2, 0.25) is 0 Å². The minimum absolute atomic E-state index is 0.102. The maximum absolute atomic E-state index is 12.5. The van der Waals surface area contributed by atoms with Crippen molar-refractivity contribution in [2.75, 3.05) is 5.32 Å². The van der Waals surface area contributed by atoms with E-state index < -0.39 is 5.91 Å². The Bertz CT molecular complexity index is 1280. The highest BCUT2D eigenvalue weighted by Crippen LogP contribution is 2.25. The molecule has 154 valence electrons. The van der Waals surface area contributed by atoms with Gasteiger partial charge in [0.25, 0.3) is 11.8 Å². The summed E-state index contributed by atoms with van der Waals surface area (Å²) in [6, 6.07) is 21.4. The lowest BCUT2D eigenvalue weighted by molar-refractivity contribution is 0.0951. The Morgan fingerprint density at radius 3 is 2.29 bits per heavy atom. The van der Waals surface area contributed by atoms with Gasteiger partial charge in [0, 0.05) is 5.69 Å². The summed E-state index contributed by atoms with van der Waals surface area (Å²) in [5, 5.41) is 20.7. The maximum atomic E-state index is 12.5. The number of rotatable bonds is 5. The third-order valence-corrected chi connectivity index (χ3v) is 5.61. The second-order valence-corrected chi connectivity index (χ2v) is 7.81.